The number of rotatable bonds is 2. The van der Waals surface area contributed by atoms with Crippen molar-refractivity contribution in [2.24, 2.45) is 0 Å². The Bertz CT molecular complexity index is 594. The predicted molar refractivity (Wildman–Crippen MR) is 69.2 cm³/mol. The average molecular weight is 279 g/mol. The first-order valence-corrected chi connectivity index (χ1v) is 6.03. The minimum Gasteiger partial charge on any atom is -0.443 e. The summed E-state index contributed by atoms with van der Waals surface area (Å²) in [6, 6.07) is 4.39. The Kier molecular flexibility index (Phi) is 3.45. The molecular formula is C13H11ClN2O3. The van der Waals surface area contributed by atoms with Crippen LogP contribution in [0, 0.1) is 18.3 Å². The van der Waals surface area contributed by atoms with Crippen molar-refractivity contribution >= 4 is 29.7 Å². The smallest absolute Gasteiger partial charge is 0.415 e. The number of hydrogen-bond acceptors (Lipinski definition) is 4. The largest absolute Gasteiger partial charge is 0.443 e. The van der Waals surface area contributed by atoms with Gasteiger partial charge in [0.2, 0.25) is 0 Å². The van der Waals surface area contributed by atoms with Crippen LogP contribution in [-0.2, 0) is 9.53 Å². The summed E-state index contributed by atoms with van der Waals surface area (Å²) in [4.78, 5) is 24.2. The molecule has 1 fully saturated rings. The van der Waals surface area contributed by atoms with E-state index in [1.807, 2.05) is 6.07 Å². The first kappa shape index (κ1) is 13.4. The van der Waals surface area contributed by atoms with Crippen LogP contribution in [0.2, 0.25) is 5.02 Å². The molecule has 1 saturated heterocycles. The van der Waals surface area contributed by atoms with Crippen molar-refractivity contribution in [3.8, 4) is 6.07 Å². The number of amides is 1. The Labute approximate surface area is 115 Å². The van der Waals surface area contributed by atoms with Crippen LogP contribution in [0.1, 0.15) is 18.1 Å². The zero-order valence-corrected chi connectivity index (χ0v) is 11.1. The maximum atomic E-state index is 11.8. The van der Waals surface area contributed by atoms with Crippen LogP contribution in [0.5, 0.6) is 0 Å². The van der Waals surface area contributed by atoms with E-state index in [4.69, 9.17) is 21.6 Å². The van der Waals surface area contributed by atoms with Gasteiger partial charge >= 0.3 is 6.09 Å². The summed E-state index contributed by atoms with van der Waals surface area (Å²) in [6.07, 6.45) is -0.437. The second kappa shape index (κ2) is 4.90. The normalized spacial score (nSPS) is 22.0. The highest BCUT2D eigenvalue weighted by molar-refractivity contribution is 6.33. The molecule has 98 valence electrons. The lowest BCUT2D eigenvalue weighted by atomic mass is 10.1. The van der Waals surface area contributed by atoms with Gasteiger partial charge in [-0.1, -0.05) is 11.6 Å². The highest BCUT2D eigenvalue weighted by Crippen LogP contribution is 2.34. The average Bonchev–Trinajstić information content (AvgIpc) is 2.67. The number of aldehydes is 1. The SMILES string of the molecule is Cc1c(N2C(=O)OC(C)C2C=O)ccc(C#N)c1Cl. The van der Waals surface area contributed by atoms with E-state index in [0.29, 0.717) is 23.1 Å². The molecule has 1 aliphatic rings. The Hall–Kier alpha value is -2.06. The van der Waals surface area contributed by atoms with Crippen molar-refractivity contribution in [2.75, 3.05) is 4.90 Å². The third-order valence-electron chi connectivity index (χ3n) is 3.14. The van der Waals surface area contributed by atoms with Gasteiger partial charge in [-0.05, 0) is 31.5 Å². The van der Waals surface area contributed by atoms with Gasteiger partial charge in [0.25, 0.3) is 0 Å². The molecule has 1 amide bonds. The van der Waals surface area contributed by atoms with Crippen molar-refractivity contribution in [2.45, 2.75) is 26.0 Å². The van der Waals surface area contributed by atoms with Crippen molar-refractivity contribution < 1.29 is 14.3 Å². The van der Waals surface area contributed by atoms with Gasteiger partial charge in [-0.15, -0.1) is 0 Å². The number of carbonyl (C=O) groups is 2. The first-order valence-electron chi connectivity index (χ1n) is 5.65. The van der Waals surface area contributed by atoms with Crippen molar-refractivity contribution in [1.29, 1.82) is 5.26 Å². The molecule has 19 heavy (non-hydrogen) atoms. The molecule has 1 aromatic rings. The lowest BCUT2D eigenvalue weighted by Gasteiger charge is -2.21. The summed E-state index contributed by atoms with van der Waals surface area (Å²) in [5, 5.41) is 9.17. The molecule has 1 aromatic carbocycles. The van der Waals surface area contributed by atoms with Gasteiger partial charge in [0, 0.05) is 0 Å². The van der Waals surface area contributed by atoms with Crippen LogP contribution in [0.25, 0.3) is 0 Å². The number of nitriles is 1. The molecule has 2 rings (SSSR count). The minimum atomic E-state index is -0.685. The minimum absolute atomic E-state index is 0.275. The van der Waals surface area contributed by atoms with Crippen LogP contribution in [0.3, 0.4) is 0 Å². The molecule has 2 unspecified atom stereocenters. The van der Waals surface area contributed by atoms with E-state index >= 15 is 0 Å². The summed E-state index contributed by atoms with van der Waals surface area (Å²) in [7, 11) is 0. The second-order valence-electron chi connectivity index (χ2n) is 4.27. The maximum absolute atomic E-state index is 11.8. The van der Waals surface area contributed by atoms with E-state index in [-0.39, 0.29) is 5.02 Å². The first-order chi connectivity index (χ1) is 9.01. The molecular weight excluding hydrogens is 268 g/mol. The fourth-order valence-electron chi connectivity index (χ4n) is 2.07. The highest BCUT2D eigenvalue weighted by atomic mass is 35.5. The molecule has 0 bridgehead atoms. The molecule has 0 N–H and O–H groups in total. The van der Waals surface area contributed by atoms with Crippen molar-refractivity contribution in [1.82, 2.24) is 0 Å². The molecule has 0 saturated carbocycles. The van der Waals surface area contributed by atoms with Crippen LogP contribution in [0.4, 0.5) is 10.5 Å². The fraction of sp³-hybridized carbons (Fsp3) is 0.308. The van der Waals surface area contributed by atoms with Crippen LogP contribution < -0.4 is 4.90 Å². The van der Waals surface area contributed by atoms with Gasteiger partial charge in [-0.3, -0.25) is 4.90 Å². The second-order valence-corrected chi connectivity index (χ2v) is 4.65. The highest BCUT2D eigenvalue weighted by Gasteiger charge is 2.40. The standard InChI is InChI=1S/C13H11ClN2O3/c1-7-10(4-3-9(5-15)12(7)14)16-11(6-17)8(2)19-13(16)18/h3-4,6,8,11H,1-2H3. The molecule has 6 heteroatoms. The summed E-state index contributed by atoms with van der Waals surface area (Å²) in [5.74, 6) is 0. The van der Waals surface area contributed by atoms with E-state index in [0.717, 1.165) is 0 Å². The molecule has 2 atom stereocenters. The third-order valence-corrected chi connectivity index (χ3v) is 3.63. The number of cyclic esters (lactones) is 1. The van der Waals surface area contributed by atoms with Gasteiger partial charge in [-0.2, -0.15) is 5.26 Å². The van der Waals surface area contributed by atoms with Crippen LogP contribution in [-0.4, -0.2) is 24.5 Å². The Balaban J connectivity index is 2.53. The monoisotopic (exact) mass is 278 g/mol. The summed E-state index contributed by atoms with van der Waals surface area (Å²) < 4.78 is 5.03. The third kappa shape index (κ3) is 2.04. The van der Waals surface area contributed by atoms with E-state index in [1.165, 1.54) is 11.0 Å². The Morgan fingerprint density at radius 3 is 2.79 bits per heavy atom. The zero-order chi connectivity index (χ0) is 14.2. The van der Waals surface area contributed by atoms with Gasteiger partial charge in [0.05, 0.1) is 16.3 Å². The molecule has 0 radical (unpaired) electrons. The topological polar surface area (TPSA) is 70.4 Å². The van der Waals surface area contributed by atoms with Gasteiger partial charge in [0.15, 0.2) is 0 Å². The number of anilines is 1. The predicted octanol–water partition coefficient (Wildman–Crippen LogP) is 2.43. The summed E-state index contributed by atoms with van der Waals surface area (Å²) in [5.41, 5.74) is 1.38. The number of ether oxygens (including phenoxy) is 1. The van der Waals surface area contributed by atoms with Crippen molar-refractivity contribution in [3.63, 3.8) is 0 Å². The lowest BCUT2D eigenvalue weighted by molar-refractivity contribution is -0.109. The van der Waals surface area contributed by atoms with Gasteiger partial charge in [0.1, 0.15) is 24.5 Å². The zero-order valence-electron chi connectivity index (χ0n) is 10.4. The number of carbonyl (C=O) groups excluding carboxylic acids is 2. The van der Waals surface area contributed by atoms with Gasteiger partial charge < -0.3 is 9.53 Å². The Morgan fingerprint density at radius 1 is 1.53 bits per heavy atom. The number of benzene rings is 1. The number of nitrogens with zero attached hydrogens (tertiary/aromatic N) is 2. The van der Waals surface area contributed by atoms with Gasteiger partial charge in [-0.25, -0.2) is 4.79 Å². The quantitative estimate of drug-likeness (QED) is 0.779. The molecule has 0 aliphatic carbocycles. The molecule has 1 heterocycles. The molecule has 0 spiro atoms. The summed E-state index contributed by atoms with van der Waals surface area (Å²) >= 11 is 6.06. The lowest BCUT2D eigenvalue weighted by Crippen LogP contribution is -2.37. The van der Waals surface area contributed by atoms with E-state index < -0.39 is 18.2 Å². The van der Waals surface area contributed by atoms with E-state index in [2.05, 4.69) is 0 Å². The van der Waals surface area contributed by atoms with E-state index in [1.54, 1.807) is 19.9 Å². The van der Waals surface area contributed by atoms with Crippen LogP contribution in [0.15, 0.2) is 12.1 Å². The molecule has 0 aromatic heterocycles. The number of halogens is 1. The Morgan fingerprint density at radius 2 is 2.21 bits per heavy atom. The van der Waals surface area contributed by atoms with Crippen molar-refractivity contribution in [3.05, 3.63) is 28.3 Å². The number of hydrogen-bond donors (Lipinski definition) is 0. The molecule has 1 aliphatic heterocycles. The molecule has 5 nitrogen and oxygen atoms in total. The van der Waals surface area contributed by atoms with E-state index in [9.17, 15) is 9.59 Å². The maximum Gasteiger partial charge on any atom is 0.415 e. The fourth-order valence-corrected chi connectivity index (χ4v) is 2.27. The summed E-state index contributed by atoms with van der Waals surface area (Å²) in [6.45, 7) is 3.34. The van der Waals surface area contributed by atoms with Crippen LogP contribution >= 0.6 is 11.6 Å².